The number of rotatable bonds is 1. The second-order valence-corrected chi connectivity index (χ2v) is 4.24. The van der Waals surface area contributed by atoms with Crippen molar-refractivity contribution in [2.45, 2.75) is 26.1 Å². The van der Waals surface area contributed by atoms with Gasteiger partial charge in [0.2, 0.25) is 0 Å². The number of alkyl halides is 1. The molecule has 1 unspecified atom stereocenters. The van der Waals surface area contributed by atoms with Crippen LogP contribution in [0.3, 0.4) is 0 Å². The summed E-state index contributed by atoms with van der Waals surface area (Å²) in [4.78, 5) is 4.51. The van der Waals surface area contributed by atoms with Crippen LogP contribution in [-0.2, 0) is 0 Å². The second-order valence-electron chi connectivity index (χ2n) is 3.58. The Hall–Kier alpha value is -1.02. The van der Waals surface area contributed by atoms with Crippen molar-refractivity contribution in [1.82, 2.24) is 9.38 Å². The van der Waals surface area contributed by atoms with Gasteiger partial charge in [-0.25, -0.2) is 4.98 Å². The van der Waals surface area contributed by atoms with Crippen LogP contribution in [0.1, 0.15) is 29.3 Å². The summed E-state index contributed by atoms with van der Waals surface area (Å²) in [5.41, 5.74) is 4.29. The third-order valence-corrected chi connectivity index (χ3v) is 2.65. The lowest BCUT2D eigenvalue weighted by Crippen LogP contribution is -1.95. The predicted molar refractivity (Wildman–Crippen MR) is 58.9 cm³/mol. The average Bonchev–Trinajstić information content (AvgIpc) is 2.42. The smallest absolute Gasteiger partial charge is 0.140 e. The minimum atomic E-state index is -0.00759. The maximum absolute atomic E-state index is 6.12. The summed E-state index contributed by atoms with van der Waals surface area (Å²) in [7, 11) is 0. The molecule has 2 heterocycles. The van der Waals surface area contributed by atoms with Crippen LogP contribution >= 0.6 is 11.6 Å². The minimum absolute atomic E-state index is 0.00759. The molecule has 74 valence electrons. The Labute approximate surface area is 88.5 Å². The topological polar surface area (TPSA) is 17.3 Å². The molecule has 2 aromatic heterocycles. The predicted octanol–water partition coefficient (Wildman–Crippen LogP) is 3.25. The average molecular weight is 209 g/mol. The van der Waals surface area contributed by atoms with E-state index in [1.54, 1.807) is 0 Å². The van der Waals surface area contributed by atoms with E-state index in [4.69, 9.17) is 11.6 Å². The van der Waals surface area contributed by atoms with Crippen molar-refractivity contribution in [3.63, 3.8) is 0 Å². The lowest BCUT2D eigenvalue weighted by Gasteiger charge is -2.04. The summed E-state index contributed by atoms with van der Waals surface area (Å²) in [6, 6.07) is 4.08. The summed E-state index contributed by atoms with van der Waals surface area (Å²) in [6.07, 6.45) is 2.01. The summed E-state index contributed by atoms with van der Waals surface area (Å²) in [5.74, 6) is 0. The highest BCUT2D eigenvalue weighted by atomic mass is 35.5. The molecule has 0 aliphatic rings. The fourth-order valence-corrected chi connectivity index (χ4v) is 2.08. The number of pyridine rings is 1. The van der Waals surface area contributed by atoms with Crippen LogP contribution in [0.4, 0.5) is 0 Å². The monoisotopic (exact) mass is 208 g/mol. The number of nitrogens with zero attached hydrogens (tertiary/aromatic N) is 2. The van der Waals surface area contributed by atoms with Crippen molar-refractivity contribution in [2.75, 3.05) is 0 Å². The Morgan fingerprint density at radius 2 is 2.14 bits per heavy atom. The zero-order chi connectivity index (χ0) is 10.3. The number of aromatic nitrogens is 2. The molecular weight excluding hydrogens is 196 g/mol. The van der Waals surface area contributed by atoms with Crippen molar-refractivity contribution < 1.29 is 0 Å². The van der Waals surface area contributed by atoms with Crippen molar-refractivity contribution in [3.05, 3.63) is 35.3 Å². The lowest BCUT2D eigenvalue weighted by atomic mass is 10.2. The Balaban J connectivity index is 2.83. The van der Waals surface area contributed by atoms with Crippen LogP contribution in [-0.4, -0.2) is 9.38 Å². The summed E-state index contributed by atoms with van der Waals surface area (Å²) >= 11 is 6.12. The SMILES string of the molecule is Cc1nc2c(C)cccn2c1C(C)Cl. The molecule has 2 rings (SSSR count). The van der Waals surface area contributed by atoms with E-state index in [0.29, 0.717) is 0 Å². The second kappa shape index (κ2) is 3.28. The molecule has 0 aliphatic heterocycles. The number of halogens is 1. The van der Waals surface area contributed by atoms with E-state index in [-0.39, 0.29) is 5.38 Å². The number of aryl methyl sites for hydroxylation is 2. The largest absolute Gasteiger partial charge is 0.302 e. The van der Waals surface area contributed by atoms with Gasteiger partial charge in [0.1, 0.15) is 5.65 Å². The highest BCUT2D eigenvalue weighted by Gasteiger charge is 2.13. The van der Waals surface area contributed by atoms with Gasteiger partial charge in [-0.2, -0.15) is 0 Å². The standard InChI is InChI=1S/C11H13ClN2/c1-7-5-4-6-14-10(8(2)12)9(3)13-11(7)14/h4-6,8H,1-3H3. The Kier molecular flexibility index (Phi) is 2.23. The van der Waals surface area contributed by atoms with Gasteiger partial charge < -0.3 is 4.40 Å². The van der Waals surface area contributed by atoms with E-state index < -0.39 is 0 Å². The van der Waals surface area contributed by atoms with Crippen LogP contribution < -0.4 is 0 Å². The number of hydrogen-bond acceptors (Lipinski definition) is 1. The molecule has 0 amide bonds. The number of imidazole rings is 1. The quantitative estimate of drug-likeness (QED) is 0.658. The summed E-state index contributed by atoms with van der Waals surface area (Å²) < 4.78 is 2.07. The molecule has 14 heavy (non-hydrogen) atoms. The van der Waals surface area contributed by atoms with E-state index in [9.17, 15) is 0 Å². The van der Waals surface area contributed by atoms with Crippen molar-refractivity contribution in [2.24, 2.45) is 0 Å². The first-order valence-electron chi connectivity index (χ1n) is 4.69. The number of fused-ring (bicyclic) bond motifs is 1. The molecule has 1 atom stereocenters. The van der Waals surface area contributed by atoms with Crippen LogP contribution in [0.15, 0.2) is 18.3 Å². The van der Waals surface area contributed by atoms with E-state index in [0.717, 1.165) is 17.0 Å². The van der Waals surface area contributed by atoms with Gasteiger partial charge in [-0.15, -0.1) is 11.6 Å². The van der Waals surface area contributed by atoms with E-state index in [2.05, 4.69) is 22.4 Å². The number of hydrogen-bond donors (Lipinski definition) is 0. The van der Waals surface area contributed by atoms with E-state index >= 15 is 0 Å². The third-order valence-electron chi connectivity index (χ3n) is 2.44. The van der Waals surface area contributed by atoms with Crippen molar-refractivity contribution in [3.8, 4) is 0 Å². The summed E-state index contributed by atoms with van der Waals surface area (Å²) in [6.45, 7) is 6.03. The molecule has 0 aromatic carbocycles. The van der Waals surface area contributed by atoms with Gasteiger partial charge in [0.15, 0.2) is 0 Å². The van der Waals surface area contributed by atoms with Gasteiger partial charge >= 0.3 is 0 Å². The molecule has 2 aromatic rings. The first-order valence-corrected chi connectivity index (χ1v) is 5.13. The van der Waals surface area contributed by atoms with Crippen LogP contribution in [0.2, 0.25) is 0 Å². The summed E-state index contributed by atoms with van der Waals surface area (Å²) in [5, 5.41) is -0.00759. The molecule has 0 bridgehead atoms. The zero-order valence-corrected chi connectivity index (χ0v) is 9.34. The molecular formula is C11H13ClN2. The van der Waals surface area contributed by atoms with Gasteiger partial charge in [0.25, 0.3) is 0 Å². The molecule has 0 radical (unpaired) electrons. The fourth-order valence-electron chi connectivity index (χ4n) is 1.81. The first kappa shape index (κ1) is 9.53. The molecule has 2 nitrogen and oxygen atoms in total. The van der Waals surface area contributed by atoms with Crippen molar-refractivity contribution in [1.29, 1.82) is 0 Å². The van der Waals surface area contributed by atoms with E-state index in [1.807, 2.05) is 26.1 Å². The Morgan fingerprint density at radius 3 is 2.79 bits per heavy atom. The molecule has 0 aliphatic carbocycles. The minimum Gasteiger partial charge on any atom is -0.302 e. The molecule has 0 saturated heterocycles. The molecule has 0 fully saturated rings. The van der Waals surface area contributed by atoms with Gasteiger partial charge in [-0.1, -0.05) is 6.07 Å². The highest BCUT2D eigenvalue weighted by molar-refractivity contribution is 6.20. The molecule has 3 heteroatoms. The Bertz CT molecular complexity index is 471. The fraction of sp³-hybridized carbons (Fsp3) is 0.364. The first-order chi connectivity index (χ1) is 6.61. The van der Waals surface area contributed by atoms with Gasteiger partial charge in [0.05, 0.1) is 16.8 Å². The maximum atomic E-state index is 6.12. The normalized spacial score (nSPS) is 13.4. The van der Waals surface area contributed by atoms with E-state index in [1.165, 1.54) is 5.56 Å². The molecule has 0 saturated carbocycles. The van der Waals surface area contributed by atoms with Crippen molar-refractivity contribution >= 4 is 17.2 Å². The molecule has 0 spiro atoms. The molecule has 0 N–H and O–H groups in total. The third kappa shape index (κ3) is 1.30. The Morgan fingerprint density at radius 1 is 1.43 bits per heavy atom. The highest BCUT2D eigenvalue weighted by Crippen LogP contribution is 2.25. The van der Waals surface area contributed by atoms with Crippen LogP contribution in [0.5, 0.6) is 0 Å². The van der Waals surface area contributed by atoms with Crippen LogP contribution in [0, 0.1) is 13.8 Å². The lowest BCUT2D eigenvalue weighted by molar-refractivity contribution is 0.944. The van der Waals surface area contributed by atoms with Gasteiger partial charge in [-0.05, 0) is 32.4 Å². The maximum Gasteiger partial charge on any atom is 0.140 e. The van der Waals surface area contributed by atoms with Gasteiger partial charge in [0, 0.05) is 6.20 Å². The van der Waals surface area contributed by atoms with Gasteiger partial charge in [-0.3, -0.25) is 0 Å². The zero-order valence-electron chi connectivity index (χ0n) is 8.58. The van der Waals surface area contributed by atoms with Crippen LogP contribution in [0.25, 0.3) is 5.65 Å².